The highest BCUT2D eigenvalue weighted by molar-refractivity contribution is 5.84. The Morgan fingerprint density at radius 1 is 0.690 bits per heavy atom. The molecule has 0 unspecified atom stereocenters. The van der Waals surface area contributed by atoms with Gasteiger partial charge in [0.25, 0.3) is 0 Å². The topological polar surface area (TPSA) is 96.5 Å². The van der Waals surface area contributed by atoms with Crippen LogP contribution in [0.1, 0.15) is 80.1 Å². The van der Waals surface area contributed by atoms with E-state index < -0.39 is 0 Å². The Bertz CT molecular complexity index is 504. The molecule has 170 valence electrons. The number of hydrogen-bond donors (Lipinski definition) is 3. The summed E-state index contributed by atoms with van der Waals surface area (Å²) in [5, 5.41) is 8.45. The normalized spacial score (nSPS) is 11.8. The van der Waals surface area contributed by atoms with E-state index in [9.17, 15) is 14.4 Å². The van der Waals surface area contributed by atoms with Crippen LogP contribution < -0.4 is 16.0 Å². The molecule has 0 bridgehead atoms. The molecule has 7 nitrogen and oxygen atoms in total. The molecule has 3 amide bonds. The van der Waals surface area contributed by atoms with E-state index in [1.807, 2.05) is 20.8 Å². The lowest BCUT2D eigenvalue weighted by Crippen LogP contribution is -2.42. The van der Waals surface area contributed by atoms with Crippen molar-refractivity contribution in [1.82, 2.24) is 16.0 Å². The summed E-state index contributed by atoms with van der Waals surface area (Å²) in [7, 11) is 0. The van der Waals surface area contributed by atoms with Crippen molar-refractivity contribution in [3.63, 3.8) is 0 Å². The molecule has 7 heteroatoms. The van der Waals surface area contributed by atoms with Gasteiger partial charge in [0, 0.05) is 36.8 Å². The zero-order chi connectivity index (χ0) is 22.3. The molecule has 0 aromatic rings. The minimum absolute atomic E-state index is 0.00633. The van der Waals surface area contributed by atoms with E-state index in [4.69, 9.17) is 4.74 Å². The maximum absolute atomic E-state index is 12.0. The second-order valence-electron chi connectivity index (χ2n) is 9.36. The quantitative estimate of drug-likeness (QED) is 0.339. The van der Waals surface area contributed by atoms with E-state index in [-0.39, 0.29) is 35.1 Å². The minimum atomic E-state index is -0.234. The minimum Gasteiger partial charge on any atom is -0.380 e. The first-order chi connectivity index (χ1) is 13.5. The van der Waals surface area contributed by atoms with E-state index in [2.05, 4.69) is 36.7 Å². The second kappa shape index (κ2) is 14.4. The van der Waals surface area contributed by atoms with Crippen molar-refractivity contribution in [3.05, 3.63) is 0 Å². The van der Waals surface area contributed by atoms with Gasteiger partial charge in [-0.2, -0.15) is 0 Å². The third-order valence-corrected chi connectivity index (χ3v) is 4.44. The Labute approximate surface area is 177 Å². The number of carbonyl (C=O) groups excluding carboxylic acids is 3. The number of ether oxygens (including phenoxy) is 1. The van der Waals surface area contributed by atoms with Crippen LogP contribution in [0.3, 0.4) is 0 Å². The molecule has 3 N–H and O–H groups in total. The van der Waals surface area contributed by atoms with Crippen LogP contribution >= 0.6 is 0 Å². The van der Waals surface area contributed by atoms with Crippen LogP contribution in [0.5, 0.6) is 0 Å². The fourth-order valence-corrected chi connectivity index (χ4v) is 2.56. The maximum Gasteiger partial charge on any atom is 0.239 e. The average Bonchev–Trinajstić information content (AvgIpc) is 2.63. The first kappa shape index (κ1) is 27.4. The van der Waals surface area contributed by atoms with Crippen LogP contribution in [0.2, 0.25) is 0 Å². The fourth-order valence-electron chi connectivity index (χ4n) is 2.56. The molecule has 0 aliphatic rings. The average molecular weight is 414 g/mol. The van der Waals surface area contributed by atoms with Gasteiger partial charge in [0.05, 0.1) is 19.8 Å². The fraction of sp³-hybridized carbons (Fsp3) is 0.864. The smallest absolute Gasteiger partial charge is 0.239 e. The van der Waals surface area contributed by atoms with Gasteiger partial charge < -0.3 is 20.7 Å². The Balaban J connectivity index is 4.05. The van der Waals surface area contributed by atoms with Gasteiger partial charge in [-0.1, -0.05) is 54.4 Å². The van der Waals surface area contributed by atoms with Crippen molar-refractivity contribution in [1.29, 1.82) is 0 Å². The number of unbranched alkanes of at least 4 members (excludes halogenated alkanes) is 2. The van der Waals surface area contributed by atoms with Gasteiger partial charge in [-0.15, -0.1) is 0 Å². The Morgan fingerprint density at radius 2 is 1.21 bits per heavy atom. The van der Waals surface area contributed by atoms with Gasteiger partial charge in [0.2, 0.25) is 17.7 Å². The summed E-state index contributed by atoms with van der Waals surface area (Å²) in [4.78, 5) is 35.2. The van der Waals surface area contributed by atoms with Gasteiger partial charge in [-0.05, 0) is 12.8 Å². The van der Waals surface area contributed by atoms with Crippen molar-refractivity contribution in [3.8, 4) is 0 Å². The Morgan fingerprint density at radius 3 is 1.72 bits per heavy atom. The van der Waals surface area contributed by atoms with E-state index in [1.54, 1.807) is 0 Å². The van der Waals surface area contributed by atoms with Gasteiger partial charge in [0.15, 0.2) is 0 Å². The van der Waals surface area contributed by atoms with Gasteiger partial charge in [-0.25, -0.2) is 0 Å². The molecule has 0 aliphatic heterocycles. The summed E-state index contributed by atoms with van der Waals surface area (Å²) in [6.07, 6.45) is 4.79. The first-order valence-electron chi connectivity index (χ1n) is 10.9. The molecule has 0 spiro atoms. The van der Waals surface area contributed by atoms with Crippen molar-refractivity contribution >= 4 is 17.7 Å². The monoisotopic (exact) mass is 413 g/mol. The molecule has 0 aromatic heterocycles. The maximum atomic E-state index is 12.0. The highest BCUT2D eigenvalue weighted by Gasteiger charge is 2.23. The van der Waals surface area contributed by atoms with Crippen molar-refractivity contribution < 1.29 is 19.1 Å². The molecule has 0 atom stereocenters. The van der Waals surface area contributed by atoms with E-state index in [0.717, 1.165) is 25.7 Å². The van der Waals surface area contributed by atoms with Crippen LogP contribution in [0.25, 0.3) is 0 Å². The SMILES string of the molecule is CCCCCC(=O)NCC(=O)NCC(C)(C)COCC(C)(C)CNC(=O)CCC. The van der Waals surface area contributed by atoms with Gasteiger partial charge in [-0.3, -0.25) is 14.4 Å². The van der Waals surface area contributed by atoms with Crippen LogP contribution in [-0.4, -0.2) is 50.6 Å². The lowest BCUT2D eigenvalue weighted by atomic mass is 9.93. The van der Waals surface area contributed by atoms with Crippen LogP contribution in [0, 0.1) is 10.8 Å². The van der Waals surface area contributed by atoms with Crippen molar-refractivity contribution in [2.75, 3.05) is 32.8 Å². The Hall–Kier alpha value is -1.63. The van der Waals surface area contributed by atoms with Crippen LogP contribution in [-0.2, 0) is 19.1 Å². The van der Waals surface area contributed by atoms with Gasteiger partial charge >= 0.3 is 0 Å². The molecule has 0 saturated carbocycles. The molecule has 0 rings (SSSR count). The van der Waals surface area contributed by atoms with Gasteiger partial charge in [0.1, 0.15) is 0 Å². The number of nitrogens with one attached hydrogen (secondary N) is 3. The molecule has 0 heterocycles. The number of hydrogen-bond acceptors (Lipinski definition) is 4. The zero-order valence-corrected chi connectivity index (χ0v) is 19.4. The van der Waals surface area contributed by atoms with Crippen LogP contribution in [0.4, 0.5) is 0 Å². The third-order valence-electron chi connectivity index (χ3n) is 4.44. The largest absolute Gasteiger partial charge is 0.380 e. The highest BCUT2D eigenvalue weighted by atomic mass is 16.5. The summed E-state index contributed by atoms with van der Waals surface area (Å²) in [5.74, 6) is -0.202. The lowest BCUT2D eigenvalue weighted by molar-refractivity contribution is -0.126. The molecule has 29 heavy (non-hydrogen) atoms. The predicted octanol–water partition coefficient (Wildman–Crippen LogP) is 2.78. The molecule has 0 aromatic carbocycles. The number of rotatable bonds is 16. The number of carbonyl (C=O) groups is 3. The first-order valence-corrected chi connectivity index (χ1v) is 10.9. The summed E-state index contributed by atoms with van der Waals surface area (Å²) < 4.78 is 5.87. The van der Waals surface area contributed by atoms with E-state index >= 15 is 0 Å². The molecule has 0 radical (unpaired) electrons. The van der Waals surface area contributed by atoms with E-state index in [1.165, 1.54) is 0 Å². The summed E-state index contributed by atoms with van der Waals surface area (Å²) in [5.41, 5.74) is -0.396. The molecular formula is C22H43N3O4. The standard InChI is InChI=1S/C22H43N3O4/c1-7-9-10-12-19(27)23-13-20(28)25-15-22(5,6)17-29-16-21(3,4)14-24-18(26)11-8-2/h7-17H2,1-6H3,(H,23,27)(H,24,26)(H,25,28). The second-order valence-corrected chi connectivity index (χ2v) is 9.36. The zero-order valence-electron chi connectivity index (χ0n) is 19.4. The summed E-state index contributed by atoms with van der Waals surface area (Å²) >= 11 is 0. The van der Waals surface area contributed by atoms with Crippen molar-refractivity contribution in [2.24, 2.45) is 10.8 Å². The van der Waals surface area contributed by atoms with Crippen LogP contribution in [0.15, 0.2) is 0 Å². The molecule has 0 saturated heterocycles. The molecular weight excluding hydrogens is 370 g/mol. The van der Waals surface area contributed by atoms with E-state index in [0.29, 0.717) is 39.1 Å². The van der Waals surface area contributed by atoms with Crippen molar-refractivity contribution in [2.45, 2.75) is 80.1 Å². The lowest BCUT2D eigenvalue weighted by Gasteiger charge is -2.29. The summed E-state index contributed by atoms with van der Waals surface area (Å²) in [6, 6.07) is 0. The third kappa shape index (κ3) is 15.9. The Kier molecular flexibility index (Phi) is 13.6. The summed E-state index contributed by atoms with van der Waals surface area (Å²) in [6.45, 7) is 14.3. The predicted molar refractivity (Wildman–Crippen MR) is 116 cm³/mol. The number of amides is 3. The molecule has 0 fully saturated rings. The molecule has 0 aliphatic carbocycles. The highest BCUT2D eigenvalue weighted by Crippen LogP contribution is 2.19.